The van der Waals surface area contributed by atoms with E-state index in [2.05, 4.69) is 31.0 Å². The van der Waals surface area contributed by atoms with E-state index in [0.717, 1.165) is 12.0 Å². The molecule has 2 fully saturated rings. The molecule has 0 bridgehead atoms. The molecule has 1 aliphatic carbocycles. The molecular weight excluding hydrogens is 208 g/mol. The van der Waals surface area contributed by atoms with Crippen LogP contribution in [0.3, 0.4) is 0 Å². The van der Waals surface area contributed by atoms with Crippen molar-refractivity contribution in [2.45, 2.75) is 58.9 Å². The van der Waals surface area contributed by atoms with Gasteiger partial charge in [0.15, 0.2) is 0 Å². The monoisotopic (exact) mass is 238 g/mol. The summed E-state index contributed by atoms with van der Waals surface area (Å²) in [6, 6.07) is 0.830. The Labute approximate surface area is 107 Å². The van der Waals surface area contributed by atoms with Gasteiger partial charge in [0.25, 0.3) is 0 Å². The SMILES string of the molecule is CC(C)(C)C1CCN(CCNC2CCCC2)C1. The fraction of sp³-hybridized carbons (Fsp3) is 1.00. The summed E-state index contributed by atoms with van der Waals surface area (Å²) in [6.45, 7) is 12.2. The molecule has 0 aromatic carbocycles. The van der Waals surface area contributed by atoms with Gasteiger partial charge in [0.2, 0.25) is 0 Å². The summed E-state index contributed by atoms with van der Waals surface area (Å²) in [5, 5.41) is 3.72. The minimum absolute atomic E-state index is 0.494. The van der Waals surface area contributed by atoms with E-state index in [1.54, 1.807) is 0 Å². The van der Waals surface area contributed by atoms with Gasteiger partial charge in [0.1, 0.15) is 0 Å². The van der Waals surface area contributed by atoms with E-state index in [0.29, 0.717) is 5.41 Å². The van der Waals surface area contributed by atoms with Gasteiger partial charge in [-0.05, 0) is 37.1 Å². The predicted octanol–water partition coefficient (Wildman–Crippen LogP) is 2.89. The molecule has 1 unspecified atom stereocenters. The molecule has 0 aromatic heterocycles. The molecule has 0 aromatic rings. The van der Waals surface area contributed by atoms with E-state index in [9.17, 15) is 0 Å². The second-order valence-electron chi connectivity index (χ2n) is 7.09. The second kappa shape index (κ2) is 5.71. The van der Waals surface area contributed by atoms with Crippen molar-refractivity contribution in [3.8, 4) is 0 Å². The molecule has 1 heterocycles. The molecule has 2 rings (SSSR count). The summed E-state index contributed by atoms with van der Waals surface area (Å²) in [5.74, 6) is 0.897. The van der Waals surface area contributed by atoms with Crippen molar-refractivity contribution < 1.29 is 0 Å². The van der Waals surface area contributed by atoms with Gasteiger partial charge < -0.3 is 10.2 Å². The lowest BCUT2D eigenvalue weighted by molar-refractivity contribution is 0.228. The van der Waals surface area contributed by atoms with Crippen LogP contribution in [0.2, 0.25) is 0 Å². The van der Waals surface area contributed by atoms with E-state index in [1.807, 2.05) is 0 Å². The van der Waals surface area contributed by atoms with Crippen molar-refractivity contribution in [1.82, 2.24) is 10.2 Å². The van der Waals surface area contributed by atoms with Gasteiger partial charge >= 0.3 is 0 Å². The lowest BCUT2D eigenvalue weighted by atomic mass is 9.80. The molecule has 1 N–H and O–H groups in total. The number of hydrogen-bond donors (Lipinski definition) is 1. The molecule has 1 aliphatic heterocycles. The first-order valence-electron chi connectivity index (χ1n) is 7.51. The van der Waals surface area contributed by atoms with Gasteiger partial charge in [-0.15, -0.1) is 0 Å². The van der Waals surface area contributed by atoms with Crippen LogP contribution in [-0.2, 0) is 0 Å². The van der Waals surface area contributed by atoms with Crippen LogP contribution in [0, 0.1) is 11.3 Å². The van der Waals surface area contributed by atoms with Crippen molar-refractivity contribution in [2.24, 2.45) is 11.3 Å². The van der Waals surface area contributed by atoms with E-state index in [1.165, 1.54) is 58.3 Å². The van der Waals surface area contributed by atoms with Crippen molar-refractivity contribution >= 4 is 0 Å². The van der Waals surface area contributed by atoms with E-state index in [4.69, 9.17) is 0 Å². The van der Waals surface area contributed by atoms with Crippen molar-refractivity contribution in [3.05, 3.63) is 0 Å². The fourth-order valence-electron chi connectivity index (χ4n) is 3.30. The van der Waals surface area contributed by atoms with E-state index in [-0.39, 0.29) is 0 Å². The zero-order chi connectivity index (χ0) is 12.3. The highest BCUT2D eigenvalue weighted by molar-refractivity contribution is 4.84. The maximum atomic E-state index is 3.72. The van der Waals surface area contributed by atoms with Crippen LogP contribution in [0.5, 0.6) is 0 Å². The molecule has 1 saturated heterocycles. The molecule has 0 radical (unpaired) electrons. The normalized spacial score (nSPS) is 28.1. The first-order valence-corrected chi connectivity index (χ1v) is 7.51. The van der Waals surface area contributed by atoms with Gasteiger partial charge in [-0.25, -0.2) is 0 Å². The summed E-state index contributed by atoms with van der Waals surface area (Å²) in [6.07, 6.45) is 7.09. The average Bonchev–Trinajstić information content (AvgIpc) is 2.86. The summed E-state index contributed by atoms with van der Waals surface area (Å²) >= 11 is 0. The molecule has 1 saturated carbocycles. The Bertz CT molecular complexity index is 226. The lowest BCUT2D eigenvalue weighted by Crippen LogP contribution is -2.35. The van der Waals surface area contributed by atoms with Crippen LogP contribution in [0.4, 0.5) is 0 Å². The van der Waals surface area contributed by atoms with Gasteiger partial charge in [-0.1, -0.05) is 33.6 Å². The standard InChI is InChI=1S/C15H30N2/c1-15(2,3)13-8-10-17(12-13)11-9-16-14-6-4-5-7-14/h13-14,16H,4-12H2,1-3H3. The summed E-state index contributed by atoms with van der Waals surface area (Å²) in [4.78, 5) is 2.65. The zero-order valence-electron chi connectivity index (χ0n) is 12.0. The van der Waals surface area contributed by atoms with Crippen molar-refractivity contribution in [2.75, 3.05) is 26.2 Å². The maximum absolute atomic E-state index is 3.72. The fourth-order valence-corrected chi connectivity index (χ4v) is 3.30. The van der Waals surface area contributed by atoms with Crippen LogP contribution < -0.4 is 5.32 Å². The van der Waals surface area contributed by atoms with E-state index < -0.39 is 0 Å². The quantitative estimate of drug-likeness (QED) is 0.810. The minimum atomic E-state index is 0.494. The molecule has 0 amide bonds. The van der Waals surface area contributed by atoms with Gasteiger partial charge in [0, 0.05) is 25.7 Å². The summed E-state index contributed by atoms with van der Waals surface area (Å²) < 4.78 is 0. The smallest absolute Gasteiger partial charge is 0.0107 e. The lowest BCUT2D eigenvalue weighted by Gasteiger charge is -2.27. The van der Waals surface area contributed by atoms with Gasteiger partial charge in [-0.2, -0.15) is 0 Å². The third-order valence-corrected chi connectivity index (χ3v) is 4.71. The number of likely N-dealkylation sites (tertiary alicyclic amines) is 1. The van der Waals surface area contributed by atoms with Crippen LogP contribution in [0.1, 0.15) is 52.9 Å². The summed E-state index contributed by atoms with van der Waals surface area (Å²) in [5.41, 5.74) is 0.494. The van der Waals surface area contributed by atoms with Crippen LogP contribution in [-0.4, -0.2) is 37.1 Å². The number of nitrogens with one attached hydrogen (secondary N) is 1. The van der Waals surface area contributed by atoms with Crippen LogP contribution >= 0.6 is 0 Å². The zero-order valence-corrected chi connectivity index (χ0v) is 12.0. The Hall–Kier alpha value is -0.0800. The first kappa shape index (κ1) is 13.4. The van der Waals surface area contributed by atoms with Crippen LogP contribution in [0.25, 0.3) is 0 Å². The molecule has 2 aliphatic rings. The molecule has 0 spiro atoms. The van der Waals surface area contributed by atoms with Gasteiger partial charge in [0.05, 0.1) is 0 Å². The molecule has 1 atom stereocenters. The Morgan fingerprint density at radius 2 is 1.82 bits per heavy atom. The average molecular weight is 238 g/mol. The molecule has 2 nitrogen and oxygen atoms in total. The topological polar surface area (TPSA) is 15.3 Å². The third kappa shape index (κ3) is 3.96. The number of hydrogen-bond acceptors (Lipinski definition) is 2. The maximum Gasteiger partial charge on any atom is 0.0107 e. The molecule has 17 heavy (non-hydrogen) atoms. The van der Waals surface area contributed by atoms with Crippen molar-refractivity contribution in [3.63, 3.8) is 0 Å². The highest BCUT2D eigenvalue weighted by Crippen LogP contribution is 2.33. The van der Waals surface area contributed by atoms with Gasteiger partial charge in [-0.3, -0.25) is 0 Å². The number of rotatable bonds is 4. The third-order valence-electron chi connectivity index (χ3n) is 4.71. The first-order chi connectivity index (χ1) is 8.05. The number of nitrogens with zero attached hydrogens (tertiary/aromatic N) is 1. The molecular formula is C15H30N2. The second-order valence-corrected chi connectivity index (χ2v) is 7.09. The molecule has 2 heteroatoms. The summed E-state index contributed by atoms with van der Waals surface area (Å²) in [7, 11) is 0. The van der Waals surface area contributed by atoms with Crippen LogP contribution in [0.15, 0.2) is 0 Å². The Morgan fingerprint density at radius 3 is 2.41 bits per heavy atom. The Balaban J connectivity index is 1.61. The predicted molar refractivity (Wildman–Crippen MR) is 74.3 cm³/mol. The highest BCUT2D eigenvalue weighted by atomic mass is 15.2. The van der Waals surface area contributed by atoms with E-state index >= 15 is 0 Å². The Kier molecular flexibility index (Phi) is 4.48. The van der Waals surface area contributed by atoms with Crippen molar-refractivity contribution in [1.29, 1.82) is 0 Å². The Morgan fingerprint density at radius 1 is 1.12 bits per heavy atom. The minimum Gasteiger partial charge on any atom is -0.313 e. The largest absolute Gasteiger partial charge is 0.313 e. The highest BCUT2D eigenvalue weighted by Gasteiger charge is 2.31. The molecule has 100 valence electrons.